The van der Waals surface area contributed by atoms with E-state index in [1.807, 2.05) is 12.1 Å². The van der Waals surface area contributed by atoms with Gasteiger partial charge in [-0.05, 0) is 54.0 Å². The van der Waals surface area contributed by atoms with E-state index < -0.39 is 0 Å². The summed E-state index contributed by atoms with van der Waals surface area (Å²) >= 11 is 0. The van der Waals surface area contributed by atoms with Crippen molar-refractivity contribution in [3.63, 3.8) is 0 Å². The van der Waals surface area contributed by atoms with E-state index in [1.54, 1.807) is 0 Å². The number of phenolic OH excluding ortho intramolecular Hbond substituents is 1. The summed E-state index contributed by atoms with van der Waals surface area (Å²) in [7, 11) is 0. The Kier molecular flexibility index (Phi) is 6.67. The molecule has 2 aliphatic rings. The minimum absolute atomic E-state index is 0. The number of phenols is 1. The summed E-state index contributed by atoms with van der Waals surface area (Å²) in [5, 5.41) is 13.3. The van der Waals surface area contributed by atoms with Crippen molar-refractivity contribution in [1.82, 2.24) is 5.32 Å². The van der Waals surface area contributed by atoms with Crippen LogP contribution in [0.3, 0.4) is 0 Å². The molecule has 0 aromatic heterocycles. The Morgan fingerprint density at radius 3 is 2.63 bits per heavy atom. The zero-order chi connectivity index (χ0) is 11.3. The lowest BCUT2D eigenvalue weighted by molar-refractivity contribution is 0.158. The number of fused-ring (bicyclic) bond motifs is 4. The Bertz CT molecular complexity index is 441. The van der Waals surface area contributed by atoms with Crippen LogP contribution in [0, 0.1) is 5.92 Å². The lowest BCUT2D eigenvalue weighted by atomic mass is 9.59. The van der Waals surface area contributed by atoms with Crippen molar-refractivity contribution < 1.29 is 5.11 Å². The number of nitrogens with one attached hydrogen (secondary N) is 1. The summed E-state index contributed by atoms with van der Waals surface area (Å²) in [6.07, 6.45) is 2.27. The Balaban J connectivity index is 0.00000108. The molecule has 0 unspecified atom stereocenters. The zero-order valence-corrected chi connectivity index (χ0v) is 14.5. The fraction of sp³-hybridized carbons (Fsp3) is 0.571. The maximum atomic E-state index is 9.67. The summed E-state index contributed by atoms with van der Waals surface area (Å²) in [6.45, 7) is 5.79. The first-order valence-electron chi connectivity index (χ1n) is 6.17. The highest BCUT2D eigenvalue weighted by atomic mass is 32.1. The second-order valence-corrected chi connectivity index (χ2v) is 5.56. The number of benzene rings is 1. The third-order valence-corrected chi connectivity index (χ3v) is 4.81. The number of hydrogen-bond donors (Lipinski definition) is 2. The third-order valence-electron chi connectivity index (χ3n) is 4.81. The molecule has 0 saturated carbocycles. The van der Waals surface area contributed by atoms with Gasteiger partial charge in [0, 0.05) is 6.04 Å². The van der Waals surface area contributed by atoms with Crippen molar-refractivity contribution in [2.24, 2.45) is 5.92 Å². The quantitative estimate of drug-likeness (QED) is 0.770. The normalized spacial score (nSPS) is 31.1. The van der Waals surface area contributed by atoms with Crippen molar-refractivity contribution in [1.29, 1.82) is 0 Å². The van der Waals surface area contributed by atoms with E-state index in [9.17, 15) is 5.11 Å². The Labute approximate surface area is 136 Å². The van der Waals surface area contributed by atoms with E-state index in [2.05, 4.69) is 25.2 Å². The molecule has 1 heterocycles. The molecule has 0 radical (unpaired) electrons. The topological polar surface area (TPSA) is 32.3 Å². The monoisotopic (exact) mass is 319 g/mol. The molecule has 1 saturated heterocycles. The van der Waals surface area contributed by atoms with Crippen molar-refractivity contribution in [3.8, 4) is 5.75 Å². The lowest BCUT2D eigenvalue weighted by Gasteiger charge is -2.50. The average Bonchev–Trinajstić information content (AvgIpc) is 2.25. The van der Waals surface area contributed by atoms with Crippen molar-refractivity contribution in [3.05, 3.63) is 29.3 Å². The van der Waals surface area contributed by atoms with Gasteiger partial charge in [0.15, 0.2) is 0 Å². The maximum absolute atomic E-state index is 9.67. The SMILES string of the molecule is C[C@@H]1[C@@H]2Cc3ccc(O)cc3[C@@]1(C)CCN2.S.S.S. The van der Waals surface area contributed by atoms with Gasteiger partial charge in [0.25, 0.3) is 0 Å². The molecule has 3 rings (SSSR count). The molecule has 1 aliphatic carbocycles. The minimum atomic E-state index is 0. The van der Waals surface area contributed by atoms with Crippen LogP contribution in [0.4, 0.5) is 0 Å². The van der Waals surface area contributed by atoms with E-state index in [1.165, 1.54) is 17.5 Å². The molecule has 0 amide bonds. The van der Waals surface area contributed by atoms with Gasteiger partial charge >= 0.3 is 0 Å². The second kappa shape index (κ2) is 6.66. The zero-order valence-electron chi connectivity index (χ0n) is 11.5. The Morgan fingerprint density at radius 2 is 1.95 bits per heavy atom. The molecule has 19 heavy (non-hydrogen) atoms. The first-order valence-corrected chi connectivity index (χ1v) is 6.17. The van der Waals surface area contributed by atoms with Crippen LogP contribution in [-0.4, -0.2) is 17.7 Å². The van der Waals surface area contributed by atoms with Gasteiger partial charge in [0.2, 0.25) is 0 Å². The molecule has 1 fully saturated rings. The van der Waals surface area contributed by atoms with Crippen molar-refractivity contribution in [2.75, 3.05) is 6.54 Å². The van der Waals surface area contributed by atoms with Gasteiger partial charge in [-0.15, -0.1) is 0 Å². The van der Waals surface area contributed by atoms with E-state index in [-0.39, 0.29) is 45.9 Å². The summed E-state index contributed by atoms with van der Waals surface area (Å²) in [5.41, 5.74) is 3.02. The van der Waals surface area contributed by atoms with Gasteiger partial charge in [-0.1, -0.05) is 19.9 Å². The number of rotatable bonds is 0. The second-order valence-electron chi connectivity index (χ2n) is 5.56. The number of hydrogen-bond acceptors (Lipinski definition) is 2. The molecule has 1 aromatic rings. The Morgan fingerprint density at radius 1 is 1.26 bits per heavy atom. The molecular formula is C14H25NOS3. The molecule has 5 heteroatoms. The largest absolute Gasteiger partial charge is 0.508 e. The molecule has 1 aromatic carbocycles. The molecule has 2 bridgehead atoms. The van der Waals surface area contributed by atoms with Crippen molar-refractivity contribution >= 4 is 40.5 Å². The highest BCUT2D eigenvalue weighted by Gasteiger charge is 2.45. The fourth-order valence-electron chi connectivity index (χ4n) is 3.51. The predicted molar refractivity (Wildman–Crippen MR) is 95.9 cm³/mol. The van der Waals surface area contributed by atoms with Crippen LogP contribution in [0.25, 0.3) is 0 Å². The van der Waals surface area contributed by atoms with Crippen LogP contribution in [-0.2, 0) is 11.8 Å². The van der Waals surface area contributed by atoms with Crippen molar-refractivity contribution in [2.45, 2.75) is 38.1 Å². The van der Waals surface area contributed by atoms with Gasteiger partial charge in [0.05, 0.1) is 0 Å². The molecule has 1 aliphatic heterocycles. The van der Waals surface area contributed by atoms with Gasteiger partial charge < -0.3 is 10.4 Å². The number of piperidine rings is 1. The standard InChI is InChI=1S/C14H19NO.3H2S/c1-9-13-7-10-3-4-11(16)8-12(10)14(9,2)5-6-15-13;;;/h3-4,8-9,13,15-16H,5-7H2,1-2H3;3*1H2/t9-,13+,14+;;;/m1.../s1. The van der Waals surface area contributed by atoms with Gasteiger partial charge in [-0.3, -0.25) is 0 Å². The van der Waals surface area contributed by atoms with Crippen LogP contribution in [0.1, 0.15) is 31.4 Å². The summed E-state index contributed by atoms with van der Waals surface area (Å²) in [4.78, 5) is 0. The van der Waals surface area contributed by atoms with Gasteiger partial charge in [-0.25, -0.2) is 0 Å². The summed E-state index contributed by atoms with van der Waals surface area (Å²) in [5.74, 6) is 1.06. The summed E-state index contributed by atoms with van der Waals surface area (Å²) < 4.78 is 0. The van der Waals surface area contributed by atoms with E-state index in [0.29, 0.717) is 17.7 Å². The molecular weight excluding hydrogens is 294 g/mol. The van der Waals surface area contributed by atoms with E-state index in [0.717, 1.165) is 13.0 Å². The van der Waals surface area contributed by atoms with Crippen LogP contribution >= 0.6 is 40.5 Å². The highest BCUT2D eigenvalue weighted by molar-refractivity contribution is 7.59. The average molecular weight is 320 g/mol. The molecule has 2 nitrogen and oxygen atoms in total. The predicted octanol–water partition coefficient (Wildman–Crippen LogP) is 2.54. The van der Waals surface area contributed by atoms with Crippen LogP contribution in [0.5, 0.6) is 5.75 Å². The molecule has 110 valence electrons. The van der Waals surface area contributed by atoms with Gasteiger partial charge in [0.1, 0.15) is 5.75 Å². The summed E-state index contributed by atoms with van der Waals surface area (Å²) in [6, 6.07) is 6.49. The van der Waals surface area contributed by atoms with E-state index in [4.69, 9.17) is 0 Å². The molecule has 3 atom stereocenters. The first-order chi connectivity index (χ1) is 7.61. The van der Waals surface area contributed by atoms with E-state index >= 15 is 0 Å². The highest BCUT2D eigenvalue weighted by Crippen LogP contribution is 2.46. The first kappa shape index (κ1) is 19.0. The van der Waals surface area contributed by atoms with Crippen LogP contribution in [0.15, 0.2) is 18.2 Å². The fourth-order valence-corrected chi connectivity index (χ4v) is 3.51. The lowest BCUT2D eigenvalue weighted by Crippen LogP contribution is -2.56. The third kappa shape index (κ3) is 2.89. The molecule has 0 spiro atoms. The molecule has 2 N–H and O–H groups in total. The van der Waals surface area contributed by atoms with Gasteiger partial charge in [-0.2, -0.15) is 40.5 Å². The van der Waals surface area contributed by atoms with Crippen LogP contribution < -0.4 is 5.32 Å². The Hall–Kier alpha value is 0.0300. The van der Waals surface area contributed by atoms with Crippen LogP contribution in [0.2, 0.25) is 0 Å². The smallest absolute Gasteiger partial charge is 0.115 e. The minimum Gasteiger partial charge on any atom is -0.508 e. The number of aromatic hydroxyl groups is 1. The maximum Gasteiger partial charge on any atom is 0.115 e.